The average Bonchev–Trinajstić information content (AvgIpc) is 2.99. The molecule has 2 aliphatic carbocycles. The lowest BCUT2D eigenvalue weighted by atomic mass is 9.84. The fourth-order valence-corrected chi connectivity index (χ4v) is 5.41. The Hall–Kier alpha value is -0.580. The van der Waals surface area contributed by atoms with E-state index >= 15 is 0 Å². The van der Waals surface area contributed by atoms with E-state index in [2.05, 4.69) is 12.2 Å². The molecule has 0 aromatic rings. The molecule has 0 spiro atoms. The van der Waals surface area contributed by atoms with Crippen LogP contribution in [0.5, 0.6) is 0 Å². The summed E-state index contributed by atoms with van der Waals surface area (Å²) < 4.78 is 11.6. The van der Waals surface area contributed by atoms with E-state index < -0.39 is 10.8 Å². The van der Waals surface area contributed by atoms with E-state index in [-0.39, 0.29) is 12.1 Å². The van der Waals surface area contributed by atoms with Gasteiger partial charge in [-0.15, -0.1) is 0 Å². The Kier molecular flexibility index (Phi) is 4.07. The number of urea groups is 1. The van der Waals surface area contributed by atoms with Crippen molar-refractivity contribution in [3.8, 4) is 0 Å². The maximum absolute atomic E-state index is 12.4. The Morgan fingerprint density at radius 3 is 2.70 bits per heavy atom. The van der Waals surface area contributed by atoms with Crippen LogP contribution < -0.4 is 5.32 Å². The van der Waals surface area contributed by atoms with Crippen molar-refractivity contribution < 1.29 is 9.00 Å². The summed E-state index contributed by atoms with van der Waals surface area (Å²) in [7, 11) is -0.746. The second-order valence-corrected chi connectivity index (χ2v) is 8.68. The van der Waals surface area contributed by atoms with Crippen molar-refractivity contribution in [2.45, 2.75) is 51.5 Å². The van der Waals surface area contributed by atoms with Crippen molar-refractivity contribution in [1.29, 1.82) is 0 Å². The summed E-state index contributed by atoms with van der Waals surface area (Å²) in [4.78, 5) is 14.3. The molecule has 3 aliphatic rings. The number of rotatable bonds is 2. The maximum Gasteiger partial charge on any atom is 0.317 e. The molecule has 4 nitrogen and oxygen atoms in total. The van der Waals surface area contributed by atoms with Gasteiger partial charge in [0.2, 0.25) is 0 Å². The van der Waals surface area contributed by atoms with Crippen molar-refractivity contribution in [2.75, 3.05) is 24.6 Å². The van der Waals surface area contributed by atoms with E-state index in [9.17, 15) is 9.00 Å². The zero-order valence-electron chi connectivity index (χ0n) is 12.4. The van der Waals surface area contributed by atoms with Crippen molar-refractivity contribution in [2.24, 2.45) is 11.3 Å². The fraction of sp³-hybridized carbons (Fsp3) is 0.933. The van der Waals surface area contributed by atoms with Gasteiger partial charge in [-0.2, -0.15) is 0 Å². The van der Waals surface area contributed by atoms with E-state index in [0.717, 1.165) is 24.6 Å². The standard InChI is InChI=1S/C15H26N2O2S/c1-12-4-8-20(19)9-7-17(12)14(18)16-11-15-5-2-13(10-15)3-6-15/h12-13H,2-11H2,1H3,(H,16,18). The van der Waals surface area contributed by atoms with Crippen LogP contribution in [-0.4, -0.2) is 45.8 Å². The summed E-state index contributed by atoms with van der Waals surface area (Å²) in [5.74, 6) is 2.29. The van der Waals surface area contributed by atoms with Gasteiger partial charge in [-0.3, -0.25) is 4.21 Å². The highest BCUT2D eigenvalue weighted by Gasteiger charge is 2.44. The molecule has 114 valence electrons. The normalized spacial score (nSPS) is 40.6. The number of nitrogens with zero attached hydrogens (tertiary/aromatic N) is 1. The summed E-state index contributed by atoms with van der Waals surface area (Å²) in [5, 5.41) is 3.17. The third-order valence-electron chi connectivity index (χ3n) is 5.62. The van der Waals surface area contributed by atoms with Crippen molar-refractivity contribution in [1.82, 2.24) is 10.2 Å². The summed E-state index contributed by atoms with van der Waals surface area (Å²) in [5.41, 5.74) is 0.401. The molecule has 1 aliphatic heterocycles. The Bertz CT molecular complexity index is 405. The molecule has 1 heterocycles. The summed E-state index contributed by atoms with van der Waals surface area (Å²) in [6, 6.07) is 0.264. The first-order chi connectivity index (χ1) is 9.58. The minimum absolute atomic E-state index is 0.0566. The average molecular weight is 298 g/mol. The van der Waals surface area contributed by atoms with E-state index in [1.54, 1.807) is 0 Å². The fourth-order valence-electron chi connectivity index (χ4n) is 4.21. The van der Waals surface area contributed by atoms with Crippen LogP contribution in [-0.2, 0) is 10.8 Å². The van der Waals surface area contributed by atoms with Gasteiger partial charge >= 0.3 is 6.03 Å². The lowest BCUT2D eigenvalue weighted by Crippen LogP contribution is -2.48. The lowest BCUT2D eigenvalue weighted by Gasteiger charge is -2.31. The van der Waals surface area contributed by atoms with E-state index in [1.807, 2.05) is 4.90 Å². The first kappa shape index (κ1) is 14.4. The van der Waals surface area contributed by atoms with Gasteiger partial charge in [-0.05, 0) is 56.8 Å². The highest BCUT2D eigenvalue weighted by Crippen LogP contribution is 2.53. The van der Waals surface area contributed by atoms with Gasteiger partial charge in [0.25, 0.3) is 0 Å². The number of carbonyl (C=O) groups excluding carboxylic acids is 1. The van der Waals surface area contributed by atoms with Gasteiger partial charge in [0.15, 0.2) is 0 Å². The highest BCUT2D eigenvalue weighted by molar-refractivity contribution is 7.85. The van der Waals surface area contributed by atoms with Crippen LogP contribution in [0.15, 0.2) is 0 Å². The molecule has 2 saturated carbocycles. The maximum atomic E-state index is 12.4. The molecule has 2 amide bonds. The van der Waals surface area contributed by atoms with Crippen LogP contribution in [0.2, 0.25) is 0 Å². The Morgan fingerprint density at radius 1 is 1.30 bits per heavy atom. The summed E-state index contributed by atoms with van der Waals surface area (Å²) in [6.07, 6.45) is 7.46. The number of hydrogen-bond acceptors (Lipinski definition) is 2. The largest absolute Gasteiger partial charge is 0.337 e. The van der Waals surface area contributed by atoms with Crippen LogP contribution >= 0.6 is 0 Å². The third kappa shape index (κ3) is 2.87. The zero-order chi connectivity index (χ0) is 14.2. The predicted molar refractivity (Wildman–Crippen MR) is 81.1 cm³/mol. The van der Waals surface area contributed by atoms with Crippen LogP contribution in [0, 0.1) is 11.3 Å². The van der Waals surface area contributed by atoms with Gasteiger partial charge in [0, 0.05) is 41.4 Å². The molecule has 0 aromatic heterocycles. The SMILES string of the molecule is CC1CCS(=O)CCN1C(=O)NCC12CCC(CC1)C2. The number of nitrogens with one attached hydrogen (secondary N) is 1. The summed E-state index contributed by atoms with van der Waals surface area (Å²) in [6.45, 7) is 3.55. The molecule has 3 fully saturated rings. The molecule has 0 radical (unpaired) electrons. The van der Waals surface area contributed by atoms with Crippen LogP contribution in [0.25, 0.3) is 0 Å². The molecular weight excluding hydrogens is 272 g/mol. The predicted octanol–water partition coefficient (Wildman–Crippen LogP) is 2.12. The Morgan fingerprint density at radius 2 is 2.05 bits per heavy atom. The Balaban J connectivity index is 1.54. The first-order valence-electron chi connectivity index (χ1n) is 7.97. The van der Waals surface area contributed by atoms with E-state index in [1.165, 1.54) is 32.1 Å². The van der Waals surface area contributed by atoms with Gasteiger partial charge in [-0.1, -0.05) is 0 Å². The molecule has 5 heteroatoms. The smallest absolute Gasteiger partial charge is 0.317 e. The van der Waals surface area contributed by atoms with Gasteiger partial charge in [0.1, 0.15) is 0 Å². The van der Waals surface area contributed by atoms with Crippen molar-refractivity contribution in [3.63, 3.8) is 0 Å². The highest BCUT2D eigenvalue weighted by atomic mass is 32.2. The van der Waals surface area contributed by atoms with Crippen LogP contribution in [0.3, 0.4) is 0 Å². The molecule has 3 rings (SSSR count). The number of hydrogen-bond donors (Lipinski definition) is 1. The van der Waals surface area contributed by atoms with Gasteiger partial charge in [0.05, 0.1) is 0 Å². The van der Waals surface area contributed by atoms with Crippen molar-refractivity contribution >= 4 is 16.8 Å². The Labute approximate surface area is 124 Å². The monoisotopic (exact) mass is 298 g/mol. The van der Waals surface area contributed by atoms with Gasteiger partial charge in [-0.25, -0.2) is 4.79 Å². The number of carbonyl (C=O) groups is 1. The quantitative estimate of drug-likeness (QED) is 0.849. The summed E-state index contributed by atoms with van der Waals surface area (Å²) >= 11 is 0. The van der Waals surface area contributed by atoms with Crippen LogP contribution in [0.1, 0.15) is 45.4 Å². The van der Waals surface area contributed by atoms with E-state index in [4.69, 9.17) is 0 Å². The molecule has 2 unspecified atom stereocenters. The number of fused-ring (bicyclic) bond motifs is 2. The molecule has 20 heavy (non-hydrogen) atoms. The minimum Gasteiger partial charge on any atom is -0.337 e. The molecular formula is C15H26N2O2S. The molecule has 0 aromatic carbocycles. The second kappa shape index (κ2) is 5.66. The molecule has 2 atom stereocenters. The van der Waals surface area contributed by atoms with E-state index in [0.29, 0.717) is 17.7 Å². The zero-order valence-corrected chi connectivity index (χ0v) is 13.2. The van der Waals surface area contributed by atoms with Crippen LogP contribution in [0.4, 0.5) is 4.79 Å². The first-order valence-corrected chi connectivity index (χ1v) is 9.46. The minimum atomic E-state index is -0.746. The lowest BCUT2D eigenvalue weighted by molar-refractivity contribution is 0.174. The number of amides is 2. The van der Waals surface area contributed by atoms with Gasteiger partial charge < -0.3 is 10.2 Å². The third-order valence-corrected chi connectivity index (χ3v) is 6.95. The molecule has 2 bridgehead atoms. The second-order valence-electron chi connectivity index (χ2n) is 6.99. The van der Waals surface area contributed by atoms with Crippen molar-refractivity contribution in [3.05, 3.63) is 0 Å². The topological polar surface area (TPSA) is 49.4 Å². The molecule has 1 saturated heterocycles. The molecule has 1 N–H and O–H groups in total.